The van der Waals surface area contributed by atoms with Gasteiger partial charge in [0.15, 0.2) is 11.6 Å². The van der Waals surface area contributed by atoms with Crippen molar-refractivity contribution in [3.63, 3.8) is 0 Å². The second-order valence-electron chi connectivity index (χ2n) is 8.62. The van der Waals surface area contributed by atoms with E-state index >= 15 is 0 Å². The number of Topliss-reactive ketones (excluding diaryl/α,β-unsaturated/α-hetero) is 1. The number of hydrogen-bond donors (Lipinski definition) is 2. The molecule has 2 N–H and O–H groups in total. The van der Waals surface area contributed by atoms with E-state index in [9.17, 15) is 19.8 Å². The molecule has 134 valence electrons. The molecule has 2 fully saturated rings. The Hall–Kier alpha value is -1.52. The first kappa shape index (κ1) is 16.9. The normalized spacial score (nSPS) is 45.2. The molecule has 0 aromatic carbocycles. The van der Waals surface area contributed by atoms with Crippen LogP contribution in [-0.4, -0.2) is 34.0 Å². The minimum Gasteiger partial charge on any atom is -0.388 e. The van der Waals surface area contributed by atoms with Gasteiger partial charge in [-0.25, -0.2) is 0 Å². The lowest BCUT2D eigenvalue weighted by Crippen LogP contribution is -2.55. The first-order valence-corrected chi connectivity index (χ1v) is 9.27. The maximum absolute atomic E-state index is 12.3. The summed E-state index contributed by atoms with van der Waals surface area (Å²) >= 11 is 0. The van der Waals surface area contributed by atoms with Crippen LogP contribution in [-0.2, 0) is 9.59 Å². The Morgan fingerprint density at radius 3 is 2.80 bits per heavy atom. The third-order valence-electron chi connectivity index (χ3n) is 7.71. The number of ketones is 2. The van der Waals surface area contributed by atoms with Gasteiger partial charge >= 0.3 is 0 Å². The van der Waals surface area contributed by atoms with Crippen molar-refractivity contribution in [1.29, 1.82) is 0 Å². The molecule has 0 aromatic rings. The largest absolute Gasteiger partial charge is 0.388 e. The molecule has 4 aliphatic rings. The minimum absolute atomic E-state index is 0.0657. The molecule has 0 spiro atoms. The number of fused-ring (bicyclic) bond motifs is 5. The van der Waals surface area contributed by atoms with Crippen LogP contribution in [0.25, 0.3) is 0 Å². The highest BCUT2D eigenvalue weighted by atomic mass is 16.3. The molecule has 0 radical (unpaired) electrons. The van der Waals surface area contributed by atoms with E-state index in [0.29, 0.717) is 18.8 Å². The molecular weight excluding hydrogens is 316 g/mol. The second kappa shape index (κ2) is 5.24. The van der Waals surface area contributed by atoms with Gasteiger partial charge in [-0.15, -0.1) is 0 Å². The zero-order chi connectivity index (χ0) is 18.0. The van der Waals surface area contributed by atoms with E-state index in [0.717, 1.165) is 19.3 Å². The fraction of sp³-hybridized carbons (Fsp3) is 0.619. The van der Waals surface area contributed by atoms with Crippen molar-refractivity contribution in [2.75, 3.05) is 6.61 Å². The Morgan fingerprint density at radius 2 is 2.08 bits per heavy atom. The topological polar surface area (TPSA) is 74.6 Å². The Bertz CT molecular complexity index is 745. The van der Waals surface area contributed by atoms with Crippen molar-refractivity contribution in [3.05, 3.63) is 35.5 Å². The van der Waals surface area contributed by atoms with Gasteiger partial charge < -0.3 is 10.2 Å². The summed E-state index contributed by atoms with van der Waals surface area (Å²) in [6.45, 7) is 3.59. The van der Waals surface area contributed by atoms with Gasteiger partial charge in [0.25, 0.3) is 0 Å². The highest BCUT2D eigenvalue weighted by Gasteiger charge is 2.64. The Kier molecular flexibility index (Phi) is 3.55. The van der Waals surface area contributed by atoms with Crippen LogP contribution in [0.4, 0.5) is 0 Å². The zero-order valence-electron chi connectivity index (χ0n) is 14.9. The van der Waals surface area contributed by atoms with Gasteiger partial charge in [0.2, 0.25) is 0 Å². The summed E-state index contributed by atoms with van der Waals surface area (Å²) in [5.74, 6) is 0.174. The number of rotatable bonds is 2. The lowest BCUT2D eigenvalue weighted by atomic mass is 9.51. The van der Waals surface area contributed by atoms with Gasteiger partial charge in [-0.2, -0.15) is 0 Å². The number of carbonyl (C=O) groups excluding carboxylic acids is 2. The lowest BCUT2D eigenvalue weighted by Gasteiger charge is -2.53. The molecule has 4 heteroatoms. The standard InChI is InChI=1S/C21H26O4/c1-19-8-5-14(23)11-13(19)3-4-15-16(19)6-9-20(2)17(15)7-10-21(20,25)18(24)12-22/h5-6,8,11,15,17,22,25H,3-4,7,9-10,12H2,1-2H3/t15?,17?,19-,20?,21?/m0/s1. The molecule has 5 atom stereocenters. The number of allylic oxidation sites excluding steroid dienone is 6. The van der Waals surface area contributed by atoms with Gasteiger partial charge in [-0.1, -0.05) is 30.2 Å². The van der Waals surface area contributed by atoms with Crippen molar-refractivity contribution in [2.24, 2.45) is 22.7 Å². The number of hydrogen-bond acceptors (Lipinski definition) is 4. The first-order chi connectivity index (χ1) is 11.8. The van der Waals surface area contributed by atoms with Crippen LogP contribution >= 0.6 is 0 Å². The Labute approximate surface area is 148 Å². The molecule has 4 nitrogen and oxygen atoms in total. The third-order valence-corrected chi connectivity index (χ3v) is 7.71. The molecule has 0 aromatic heterocycles. The van der Waals surface area contributed by atoms with Crippen molar-refractivity contribution < 1.29 is 19.8 Å². The summed E-state index contributed by atoms with van der Waals surface area (Å²) in [4.78, 5) is 24.1. The van der Waals surface area contributed by atoms with Crippen molar-refractivity contribution >= 4 is 11.6 Å². The molecule has 4 aliphatic carbocycles. The molecule has 0 heterocycles. The molecule has 0 saturated heterocycles. The summed E-state index contributed by atoms with van der Waals surface area (Å²) in [5.41, 5.74) is 0.374. The Balaban J connectivity index is 1.77. The smallest absolute Gasteiger partial charge is 0.190 e. The predicted octanol–water partition coefficient (Wildman–Crippen LogP) is 2.51. The summed E-state index contributed by atoms with van der Waals surface area (Å²) < 4.78 is 0. The number of aliphatic hydroxyl groups is 2. The van der Waals surface area contributed by atoms with Crippen LogP contribution in [0, 0.1) is 22.7 Å². The van der Waals surface area contributed by atoms with Gasteiger partial charge in [-0.05, 0) is 63.0 Å². The highest BCUT2D eigenvalue weighted by Crippen LogP contribution is 2.64. The van der Waals surface area contributed by atoms with Crippen LogP contribution in [0.1, 0.15) is 46.0 Å². The van der Waals surface area contributed by atoms with E-state index < -0.39 is 23.4 Å². The van der Waals surface area contributed by atoms with Crippen molar-refractivity contribution in [3.8, 4) is 0 Å². The predicted molar refractivity (Wildman–Crippen MR) is 93.6 cm³/mol. The van der Waals surface area contributed by atoms with E-state index in [2.05, 4.69) is 13.0 Å². The van der Waals surface area contributed by atoms with E-state index in [1.165, 1.54) is 11.1 Å². The molecule has 0 aliphatic heterocycles. The quantitative estimate of drug-likeness (QED) is 0.756. The molecule has 25 heavy (non-hydrogen) atoms. The van der Waals surface area contributed by atoms with Crippen LogP contribution in [0.3, 0.4) is 0 Å². The van der Waals surface area contributed by atoms with E-state index in [1.54, 1.807) is 12.2 Å². The van der Waals surface area contributed by atoms with Gasteiger partial charge in [0, 0.05) is 10.8 Å². The summed E-state index contributed by atoms with van der Waals surface area (Å²) in [6.07, 6.45) is 11.4. The van der Waals surface area contributed by atoms with Crippen LogP contribution in [0.5, 0.6) is 0 Å². The average Bonchev–Trinajstić information content (AvgIpc) is 2.87. The van der Waals surface area contributed by atoms with E-state index in [-0.39, 0.29) is 17.1 Å². The molecule has 4 rings (SSSR count). The first-order valence-electron chi connectivity index (χ1n) is 9.27. The van der Waals surface area contributed by atoms with Crippen molar-refractivity contribution in [2.45, 2.75) is 51.6 Å². The summed E-state index contributed by atoms with van der Waals surface area (Å²) in [7, 11) is 0. The monoisotopic (exact) mass is 342 g/mol. The van der Waals surface area contributed by atoms with Crippen LogP contribution < -0.4 is 0 Å². The summed E-state index contributed by atoms with van der Waals surface area (Å²) in [6, 6.07) is 0. The minimum atomic E-state index is -1.43. The Morgan fingerprint density at radius 1 is 1.32 bits per heavy atom. The van der Waals surface area contributed by atoms with Gasteiger partial charge in [0.05, 0.1) is 0 Å². The molecule has 4 unspecified atom stereocenters. The van der Waals surface area contributed by atoms with Crippen molar-refractivity contribution in [1.82, 2.24) is 0 Å². The van der Waals surface area contributed by atoms with Gasteiger partial charge in [-0.3, -0.25) is 9.59 Å². The third kappa shape index (κ3) is 2.01. The SMILES string of the molecule is CC12CC=C3C(CCC4=CC(=O)C=C[C@@]43C)C1CCC2(O)C(=O)CO. The second-order valence-corrected chi connectivity index (χ2v) is 8.62. The number of aliphatic hydroxyl groups excluding tert-OH is 1. The maximum Gasteiger partial charge on any atom is 0.190 e. The van der Waals surface area contributed by atoms with E-state index in [4.69, 9.17) is 0 Å². The fourth-order valence-corrected chi connectivity index (χ4v) is 6.12. The van der Waals surface area contributed by atoms with Crippen LogP contribution in [0.2, 0.25) is 0 Å². The molecule has 0 bridgehead atoms. The average molecular weight is 342 g/mol. The number of carbonyl (C=O) groups is 2. The van der Waals surface area contributed by atoms with E-state index in [1.807, 2.05) is 13.0 Å². The van der Waals surface area contributed by atoms with Gasteiger partial charge in [0.1, 0.15) is 12.2 Å². The lowest BCUT2D eigenvalue weighted by molar-refractivity contribution is -0.155. The maximum atomic E-state index is 12.3. The molecule has 0 amide bonds. The zero-order valence-corrected chi connectivity index (χ0v) is 14.9. The molecule has 2 saturated carbocycles. The van der Waals surface area contributed by atoms with Crippen LogP contribution in [0.15, 0.2) is 35.5 Å². The highest BCUT2D eigenvalue weighted by molar-refractivity contribution is 6.01. The fourth-order valence-electron chi connectivity index (χ4n) is 6.12. The molecular formula is C21H26O4. The summed E-state index contributed by atoms with van der Waals surface area (Å²) in [5, 5.41) is 20.5.